The van der Waals surface area contributed by atoms with E-state index in [4.69, 9.17) is 0 Å². The number of halogens is 3. The number of carbonyl (C=O) groups excluding carboxylic acids is 1. The number of rotatable bonds is 3. The fourth-order valence-electron chi connectivity index (χ4n) is 2.62. The summed E-state index contributed by atoms with van der Waals surface area (Å²) in [5.74, 6) is -0.688. The van der Waals surface area contributed by atoms with Crippen molar-refractivity contribution in [3.05, 3.63) is 29.8 Å². The predicted octanol–water partition coefficient (Wildman–Crippen LogP) is 3.39. The largest absolute Gasteiger partial charge is 0.534 e. The average Bonchev–Trinajstić information content (AvgIpc) is 2.40. The first-order valence-corrected chi connectivity index (χ1v) is 8.16. The van der Waals surface area contributed by atoms with E-state index in [0.29, 0.717) is 18.4 Å². The second kappa shape index (κ2) is 5.91. The topological polar surface area (TPSA) is 60.4 Å². The average molecular weight is 336 g/mol. The zero-order valence-electron chi connectivity index (χ0n) is 11.8. The van der Waals surface area contributed by atoms with Gasteiger partial charge in [-0.25, -0.2) is 0 Å². The summed E-state index contributed by atoms with van der Waals surface area (Å²) in [5, 5.41) is 0. The molecule has 4 nitrogen and oxygen atoms in total. The molecule has 0 amide bonds. The van der Waals surface area contributed by atoms with Crippen LogP contribution in [0.5, 0.6) is 5.75 Å². The molecule has 8 heteroatoms. The quantitative estimate of drug-likeness (QED) is 0.627. The molecule has 0 aromatic heterocycles. The lowest BCUT2D eigenvalue weighted by atomic mass is 9.76. The maximum atomic E-state index is 12.3. The highest BCUT2D eigenvalue weighted by atomic mass is 32.2. The lowest BCUT2D eigenvalue weighted by molar-refractivity contribution is -0.124. The third-order valence-corrected chi connectivity index (χ3v) is 4.80. The highest BCUT2D eigenvalue weighted by Gasteiger charge is 2.48. The van der Waals surface area contributed by atoms with Crippen LogP contribution in [0, 0.1) is 5.92 Å². The molecule has 0 N–H and O–H groups in total. The van der Waals surface area contributed by atoms with E-state index >= 15 is 0 Å². The molecule has 2 rings (SSSR count). The van der Waals surface area contributed by atoms with Crippen molar-refractivity contribution in [2.24, 2.45) is 5.92 Å². The van der Waals surface area contributed by atoms with Crippen LogP contribution < -0.4 is 4.18 Å². The molecule has 2 atom stereocenters. The Bertz CT molecular complexity index is 667. The number of ketones is 1. The van der Waals surface area contributed by atoms with Gasteiger partial charge < -0.3 is 4.18 Å². The molecule has 0 unspecified atom stereocenters. The van der Waals surface area contributed by atoms with Crippen LogP contribution in [-0.2, 0) is 14.9 Å². The lowest BCUT2D eigenvalue weighted by Crippen LogP contribution is -2.28. The Labute approximate surface area is 126 Å². The van der Waals surface area contributed by atoms with Gasteiger partial charge in [-0.2, -0.15) is 21.6 Å². The van der Waals surface area contributed by atoms with Gasteiger partial charge in [-0.1, -0.05) is 19.1 Å². The molecule has 1 aliphatic carbocycles. The molecule has 0 bridgehead atoms. The Kier molecular flexibility index (Phi) is 4.51. The second-order valence-electron chi connectivity index (χ2n) is 5.31. The molecule has 1 fully saturated rings. The summed E-state index contributed by atoms with van der Waals surface area (Å²) in [5.41, 5.74) is -4.87. The van der Waals surface area contributed by atoms with Gasteiger partial charge in [-0.15, -0.1) is 0 Å². The molecule has 1 saturated carbocycles. The van der Waals surface area contributed by atoms with Crippen molar-refractivity contribution in [2.45, 2.75) is 37.6 Å². The van der Waals surface area contributed by atoms with E-state index in [9.17, 15) is 26.4 Å². The second-order valence-corrected chi connectivity index (χ2v) is 6.85. The molecule has 1 aromatic rings. The molecule has 0 radical (unpaired) electrons. The van der Waals surface area contributed by atoms with Gasteiger partial charge in [-0.3, -0.25) is 4.79 Å². The summed E-state index contributed by atoms with van der Waals surface area (Å²) in [6.45, 7) is 1.77. The monoisotopic (exact) mass is 336 g/mol. The summed E-state index contributed by atoms with van der Waals surface area (Å²) in [6.07, 6.45) is 1.93. The van der Waals surface area contributed by atoms with Gasteiger partial charge in [0.2, 0.25) is 0 Å². The number of alkyl halides is 3. The van der Waals surface area contributed by atoms with Crippen LogP contribution in [0.15, 0.2) is 24.3 Å². The molecular weight excluding hydrogens is 321 g/mol. The lowest BCUT2D eigenvalue weighted by Gasteiger charge is -2.28. The van der Waals surface area contributed by atoms with Gasteiger partial charge in [0.15, 0.2) is 0 Å². The first-order valence-electron chi connectivity index (χ1n) is 6.75. The van der Waals surface area contributed by atoms with E-state index < -0.39 is 21.4 Å². The van der Waals surface area contributed by atoms with E-state index in [1.165, 1.54) is 12.1 Å². The standard InChI is InChI=1S/C14H15F3O4S/c1-9-12(6-3-7-13(9)18)10-4-2-5-11(8-10)21-22(19,20)14(15,16)17/h2,4-5,8-9,12H,3,6-7H2,1H3/t9-,12+/m1/s1. The summed E-state index contributed by atoms with van der Waals surface area (Å²) in [7, 11) is -5.69. The molecular formula is C14H15F3O4S. The van der Waals surface area contributed by atoms with Crippen molar-refractivity contribution in [2.75, 3.05) is 0 Å². The van der Waals surface area contributed by atoms with Crippen molar-refractivity contribution in [1.29, 1.82) is 0 Å². The van der Waals surface area contributed by atoms with Crippen LogP contribution in [0.3, 0.4) is 0 Å². The molecule has 0 heterocycles. The zero-order chi connectivity index (χ0) is 16.5. The Morgan fingerprint density at radius 2 is 1.95 bits per heavy atom. The fourth-order valence-corrected chi connectivity index (χ4v) is 3.08. The van der Waals surface area contributed by atoms with Crippen LogP contribution >= 0.6 is 0 Å². The fraction of sp³-hybridized carbons (Fsp3) is 0.500. The Morgan fingerprint density at radius 3 is 2.59 bits per heavy atom. The SMILES string of the molecule is C[C@H]1C(=O)CCC[C@@H]1c1cccc(OS(=O)(=O)C(F)(F)F)c1. The maximum Gasteiger partial charge on any atom is 0.534 e. The molecule has 0 saturated heterocycles. The summed E-state index contributed by atoms with van der Waals surface area (Å²) in [4.78, 5) is 11.7. The van der Waals surface area contributed by atoms with Crippen molar-refractivity contribution in [3.8, 4) is 5.75 Å². The van der Waals surface area contributed by atoms with Crippen LogP contribution in [0.1, 0.15) is 37.7 Å². The summed E-state index contributed by atoms with van der Waals surface area (Å²) in [6, 6.07) is 5.47. The molecule has 22 heavy (non-hydrogen) atoms. The van der Waals surface area contributed by atoms with E-state index in [1.807, 2.05) is 0 Å². The molecule has 1 aromatic carbocycles. The van der Waals surface area contributed by atoms with E-state index in [-0.39, 0.29) is 17.6 Å². The van der Waals surface area contributed by atoms with Gasteiger partial charge >= 0.3 is 15.6 Å². The number of benzene rings is 1. The third kappa shape index (κ3) is 3.43. The first kappa shape index (κ1) is 16.8. The Balaban J connectivity index is 2.26. The van der Waals surface area contributed by atoms with Crippen LogP contribution in [0.25, 0.3) is 0 Å². The van der Waals surface area contributed by atoms with Crippen molar-refractivity contribution < 1.29 is 30.6 Å². The highest BCUT2D eigenvalue weighted by Crippen LogP contribution is 2.37. The van der Waals surface area contributed by atoms with E-state index in [0.717, 1.165) is 12.5 Å². The number of hydrogen-bond donors (Lipinski definition) is 0. The van der Waals surface area contributed by atoms with Gasteiger partial charge in [-0.05, 0) is 36.5 Å². The number of carbonyl (C=O) groups is 1. The molecule has 1 aliphatic rings. The van der Waals surface area contributed by atoms with Crippen molar-refractivity contribution in [3.63, 3.8) is 0 Å². The Morgan fingerprint density at radius 1 is 1.27 bits per heavy atom. The zero-order valence-corrected chi connectivity index (χ0v) is 12.6. The van der Waals surface area contributed by atoms with Crippen molar-refractivity contribution >= 4 is 15.9 Å². The van der Waals surface area contributed by atoms with Gasteiger partial charge in [0.25, 0.3) is 0 Å². The number of hydrogen-bond acceptors (Lipinski definition) is 4. The minimum absolute atomic E-state index is 0.102. The smallest absolute Gasteiger partial charge is 0.376 e. The van der Waals surface area contributed by atoms with Gasteiger partial charge in [0.05, 0.1) is 0 Å². The predicted molar refractivity (Wildman–Crippen MR) is 72.8 cm³/mol. The minimum atomic E-state index is -5.69. The van der Waals surface area contributed by atoms with Crippen LogP contribution in [-0.4, -0.2) is 19.7 Å². The van der Waals surface area contributed by atoms with Crippen LogP contribution in [0.2, 0.25) is 0 Å². The first-order chi connectivity index (χ1) is 10.1. The summed E-state index contributed by atoms with van der Waals surface area (Å²) >= 11 is 0. The highest BCUT2D eigenvalue weighted by molar-refractivity contribution is 7.88. The minimum Gasteiger partial charge on any atom is -0.376 e. The van der Waals surface area contributed by atoms with E-state index in [1.54, 1.807) is 13.0 Å². The third-order valence-electron chi connectivity index (χ3n) is 3.83. The maximum absolute atomic E-state index is 12.3. The van der Waals surface area contributed by atoms with Gasteiger partial charge in [0, 0.05) is 12.3 Å². The van der Waals surface area contributed by atoms with Crippen LogP contribution in [0.4, 0.5) is 13.2 Å². The summed E-state index contributed by atoms with van der Waals surface area (Å²) < 4.78 is 63.2. The van der Waals surface area contributed by atoms with E-state index in [2.05, 4.69) is 4.18 Å². The van der Waals surface area contributed by atoms with Crippen molar-refractivity contribution in [1.82, 2.24) is 0 Å². The molecule has 0 spiro atoms. The molecule has 122 valence electrons. The number of Topliss-reactive ketones (excluding diaryl/α,β-unsaturated/α-hetero) is 1. The normalized spacial score (nSPS) is 23.4. The molecule has 0 aliphatic heterocycles. The van der Waals surface area contributed by atoms with Gasteiger partial charge in [0.1, 0.15) is 11.5 Å². The Hall–Kier alpha value is -1.57.